The molecule has 138 valence electrons. The normalized spacial score (nSPS) is 14.6. The van der Waals surface area contributed by atoms with E-state index in [0.717, 1.165) is 52.3 Å². The maximum absolute atomic E-state index is 5.36. The molecular weight excluding hydrogens is 453 g/mol. The van der Waals surface area contributed by atoms with Crippen molar-refractivity contribution in [3.8, 4) is 11.3 Å². The smallest absolute Gasteiger partial charge is 0.181 e. The van der Waals surface area contributed by atoms with E-state index in [4.69, 9.17) is 4.42 Å². The van der Waals surface area contributed by atoms with E-state index in [-0.39, 0.29) is 0 Å². The van der Waals surface area contributed by atoms with Crippen LogP contribution in [-0.2, 0) is 0 Å². The summed E-state index contributed by atoms with van der Waals surface area (Å²) in [5, 5.41) is 7.72. The van der Waals surface area contributed by atoms with Gasteiger partial charge in [-0.1, -0.05) is 12.1 Å². The summed E-state index contributed by atoms with van der Waals surface area (Å²) in [5.74, 6) is 0.763. The zero-order valence-electron chi connectivity index (χ0n) is 14.7. The Morgan fingerprint density at radius 1 is 1.15 bits per heavy atom. The molecule has 4 rings (SSSR count). The van der Waals surface area contributed by atoms with Gasteiger partial charge in [0.15, 0.2) is 12.2 Å². The molecule has 0 amide bonds. The van der Waals surface area contributed by atoms with Crippen molar-refractivity contribution in [2.75, 3.05) is 36.5 Å². The van der Waals surface area contributed by atoms with Crippen LogP contribution in [0.5, 0.6) is 0 Å². The van der Waals surface area contributed by atoms with Gasteiger partial charge in [-0.2, -0.15) is 5.10 Å². The van der Waals surface area contributed by atoms with E-state index in [2.05, 4.69) is 72.6 Å². The van der Waals surface area contributed by atoms with Crippen LogP contribution in [0.25, 0.3) is 11.3 Å². The van der Waals surface area contributed by atoms with Gasteiger partial charge in [0.25, 0.3) is 0 Å². The van der Waals surface area contributed by atoms with Gasteiger partial charge in [0, 0.05) is 41.0 Å². The Morgan fingerprint density at radius 2 is 1.96 bits per heavy atom. The van der Waals surface area contributed by atoms with Gasteiger partial charge in [-0.3, -0.25) is 5.43 Å². The molecule has 0 aliphatic carbocycles. The highest BCUT2D eigenvalue weighted by molar-refractivity contribution is 14.1. The molecule has 1 saturated heterocycles. The van der Waals surface area contributed by atoms with E-state index < -0.39 is 0 Å². The first-order valence-corrected chi connectivity index (χ1v) is 9.91. The van der Waals surface area contributed by atoms with Crippen LogP contribution in [0.2, 0.25) is 0 Å². The van der Waals surface area contributed by atoms with Crippen molar-refractivity contribution in [1.82, 2.24) is 10.3 Å². The van der Waals surface area contributed by atoms with E-state index in [1.54, 1.807) is 6.20 Å². The summed E-state index contributed by atoms with van der Waals surface area (Å²) in [4.78, 5) is 6.36. The molecule has 7 heteroatoms. The Morgan fingerprint density at radius 3 is 2.67 bits per heavy atom. The zero-order chi connectivity index (χ0) is 18.5. The molecule has 2 heterocycles. The Labute approximate surface area is 171 Å². The quantitative estimate of drug-likeness (QED) is 0.335. The third-order valence-electron chi connectivity index (χ3n) is 4.45. The fraction of sp³-hybridized carbons (Fsp3) is 0.200. The number of hydrogen-bond acceptors (Lipinski definition) is 6. The Balaban J connectivity index is 1.38. The van der Waals surface area contributed by atoms with E-state index in [1.807, 2.05) is 24.4 Å². The molecule has 6 nitrogen and oxygen atoms in total. The number of benzene rings is 2. The molecule has 1 fully saturated rings. The second-order valence-corrected chi connectivity index (χ2v) is 7.42. The van der Waals surface area contributed by atoms with Gasteiger partial charge in [0.2, 0.25) is 0 Å². The summed E-state index contributed by atoms with van der Waals surface area (Å²) in [6.45, 7) is 4.19. The number of aromatic nitrogens is 1. The molecule has 3 aromatic rings. The first-order chi connectivity index (χ1) is 13.3. The predicted octanol–water partition coefficient (Wildman–Crippen LogP) is 3.80. The first-order valence-electron chi connectivity index (χ1n) is 8.83. The van der Waals surface area contributed by atoms with Crippen LogP contribution in [0.4, 0.5) is 11.4 Å². The van der Waals surface area contributed by atoms with Gasteiger partial charge in [-0.15, -0.1) is 0 Å². The molecule has 0 atom stereocenters. The molecule has 0 saturated carbocycles. The van der Waals surface area contributed by atoms with Crippen molar-refractivity contribution >= 4 is 40.2 Å². The number of rotatable bonds is 5. The minimum Gasteiger partial charge on any atom is -0.443 e. The molecule has 0 radical (unpaired) electrons. The number of hydrogen-bond donors (Lipinski definition) is 2. The fourth-order valence-electron chi connectivity index (χ4n) is 3.01. The number of anilines is 2. The summed E-state index contributed by atoms with van der Waals surface area (Å²) in [6, 6.07) is 14.5. The predicted molar refractivity (Wildman–Crippen MR) is 117 cm³/mol. The molecule has 2 aromatic carbocycles. The average molecular weight is 473 g/mol. The minimum absolute atomic E-state index is 0.763. The zero-order valence-corrected chi connectivity index (χ0v) is 16.9. The van der Waals surface area contributed by atoms with Crippen LogP contribution in [-0.4, -0.2) is 37.4 Å². The van der Waals surface area contributed by atoms with Crippen LogP contribution < -0.4 is 15.6 Å². The Bertz CT molecular complexity index is 903. The van der Waals surface area contributed by atoms with Gasteiger partial charge < -0.3 is 14.6 Å². The minimum atomic E-state index is 0.763. The molecular formula is C20H20IN5O. The molecule has 27 heavy (non-hydrogen) atoms. The Kier molecular flexibility index (Phi) is 5.69. The molecule has 0 unspecified atom stereocenters. The monoisotopic (exact) mass is 473 g/mol. The number of halogens is 1. The molecule has 1 aromatic heterocycles. The van der Waals surface area contributed by atoms with Crippen molar-refractivity contribution in [3.05, 3.63) is 64.2 Å². The van der Waals surface area contributed by atoms with Crippen LogP contribution >= 0.6 is 22.6 Å². The summed E-state index contributed by atoms with van der Waals surface area (Å²) < 4.78 is 6.43. The lowest BCUT2D eigenvalue weighted by Crippen LogP contribution is -2.43. The number of oxazole rings is 1. The molecule has 1 aliphatic heterocycles. The Hall–Kier alpha value is -2.39. The summed E-state index contributed by atoms with van der Waals surface area (Å²) in [5.41, 5.74) is 7.36. The van der Waals surface area contributed by atoms with Gasteiger partial charge in [0.05, 0.1) is 18.1 Å². The fourth-order valence-corrected chi connectivity index (χ4v) is 3.79. The maximum Gasteiger partial charge on any atom is 0.181 e. The number of nitrogens with one attached hydrogen (secondary N) is 2. The molecule has 2 N–H and O–H groups in total. The van der Waals surface area contributed by atoms with E-state index in [0.29, 0.717) is 0 Å². The highest BCUT2D eigenvalue weighted by atomic mass is 127. The third-order valence-corrected chi connectivity index (χ3v) is 5.34. The van der Waals surface area contributed by atoms with Gasteiger partial charge in [0.1, 0.15) is 0 Å². The summed E-state index contributed by atoms with van der Waals surface area (Å²) >= 11 is 2.29. The van der Waals surface area contributed by atoms with E-state index >= 15 is 0 Å². The van der Waals surface area contributed by atoms with Crippen LogP contribution in [0.1, 0.15) is 5.56 Å². The highest BCUT2D eigenvalue weighted by Gasteiger charge is 2.09. The first kappa shape index (κ1) is 18.0. The number of hydrazone groups is 1. The van der Waals surface area contributed by atoms with Crippen molar-refractivity contribution in [1.29, 1.82) is 0 Å². The molecule has 1 aliphatic rings. The lowest BCUT2D eigenvalue weighted by Gasteiger charge is -2.29. The summed E-state index contributed by atoms with van der Waals surface area (Å²) in [6.07, 6.45) is 4.99. The average Bonchev–Trinajstić information content (AvgIpc) is 3.24. The second-order valence-electron chi connectivity index (χ2n) is 6.26. The van der Waals surface area contributed by atoms with Crippen molar-refractivity contribution in [2.24, 2.45) is 5.10 Å². The van der Waals surface area contributed by atoms with Crippen LogP contribution in [0.15, 0.2) is 64.6 Å². The highest BCUT2D eigenvalue weighted by Crippen LogP contribution is 2.27. The van der Waals surface area contributed by atoms with E-state index in [9.17, 15) is 0 Å². The number of nitrogens with zero attached hydrogens (tertiary/aromatic N) is 3. The van der Waals surface area contributed by atoms with Gasteiger partial charge in [-0.25, -0.2) is 4.98 Å². The summed E-state index contributed by atoms with van der Waals surface area (Å²) in [7, 11) is 0. The SMILES string of the molecule is Ic1cc(N/N=C/c2ccc(N3CCNCC3)cc2)ccc1-c1cnco1. The lowest BCUT2D eigenvalue weighted by molar-refractivity contribution is 0.571. The standard InChI is InChI=1S/C20H20IN5O/c21-19-11-16(3-6-18(19)20-13-23-14-27-20)25-24-12-15-1-4-17(5-2-15)26-9-7-22-8-10-26/h1-6,11-14,22,25H,7-10H2/b24-12+. The lowest BCUT2D eigenvalue weighted by atomic mass is 10.2. The molecule has 0 spiro atoms. The third kappa shape index (κ3) is 4.48. The topological polar surface area (TPSA) is 65.7 Å². The van der Waals surface area contributed by atoms with E-state index in [1.165, 1.54) is 12.1 Å². The van der Waals surface area contributed by atoms with Crippen LogP contribution in [0.3, 0.4) is 0 Å². The number of piperazine rings is 1. The largest absolute Gasteiger partial charge is 0.443 e. The van der Waals surface area contributed by atoms with Gasteiger partial charge >= 0.3 is 0 Å². The van der Waals surface area contributed by atoms with Gasteiger partial charge in [-0.05, 0) is 58.5 Å². The van der Waals surface area contributed by atoms with Crippen molar-refractivity contribution < 1.29 is 4.42 Å². The van der Waals surface area contributed by atoms with Crippen LogP contribution in [0, 0.1) is 3.57 Å². The second kappa shape index (κ2) is 8.53. The van der Waals surface area contributed by atoms with Crippen molar-refractivity contribution in [3.63, 3.8) is 0 Å². The van der Waals surface area contributed by atoms with Crippen molar-refractivity contribution in [2.45, 2.75) is 0 Å². The molecule has 0 bridgehead atoms. The maximum atomic E-state index is 5.36.